The van der Waals surface area contributed by atoms with Crippen molar-refractivity contribution in [3.63, 3.8) is 0 Å². The third kappa shape index (κ3) is 1.55. The summed E-state index contributed by atoms with van der Waals surface area (Å²) in [4.78, 5) is 21.6. The minimum absolute atomic E-state index is 0.254. The summed E-state index contributed by atoms with van der Waals surface area (Å²) in [6, 6.07) is 9.27. The Morgan fingerprint density at radius 2 is 1.75 bits per heavy atom. The number of carbonyl (C=O) groups excluding carboxylic acids is 2. The SMILES string of the molecule is N#CC(=O)C(=O)c1ccccc1. The second kappa shape index (κ2) is 3.44. The van der Waals surface area contributed by atoms with Crippen LogP contribution in [0.15, 0.2) is 30.3 Å². The predicted molar refractivity (Wildman–Crippen MR) is 41.4 cm³/mol. The molecular weight excluding hydrogens is 154 g/mol. The lowest BCUT2D eigenvalue weighted by Gasteiger charge is -1.91. The molecule has 0 N–H and O–H groups in total. The van der Waals surface area contributed by atoms with Crippen LogP contribution in [0.1, 0.15) is 10.4 Å². The lowest BCUT2D eigenvalue weighted by molar-refractivity contribution is -0.110. The van der Waals surface area contributed by atoms with Crippen LogP contribution in [0.4, 0.5) is 0 Å². The van der Waals surface area contributed by atoms with Gasteiger partial charge >= 0.3 is 5.78 Å². The summed E-state index contributed by atoms with van der Waals surface area (Å²) < 4.78 is 0. The van der Waals surface area contributed by atoms with Gasteiger partial charge in [-0.05, 0) is 0 Å². The first-order chi connectivity index (χ1) is 5.75. The number of nitriles is 1. The second-order valence-corrected chi connectivity index (χ2v) is 2.14. The Labute approximate surface area is 69.2 Å². The van der Waals surface area contributed by atoms with Crippen molar-refractivity contribution in [1.82, 2.24) is 0 Å². The maximum Gasteiger partial charge on any atom is 0.302 e. The number of benzene rings is 1. The summed E-state index contributed by atoms with van der Waals surface area (Å²) >= 11 is 0. The molecule has 3 heteroatoms. The van der Waals surface area contributed by atoms with Gasteiger partial charge < -0.3 is 0 Å². The fourth-order valence-corrected chi connectivity index (χ4v) is 0.771. The number of ketones is 2. The Balaban J connectivity index is 2.96. The predicted octanol–water partition coefficient (Wildman–Crippen LogP) is 0.962. The van der Waals surface area contributed by atoms with E-state index in [0.29, 0.717) is 0 Å². The van der Waals surface area contributed by atoms with Gasteiger partial charge in [0.25, 0.3) is 0 Å². The van der Waals surface area contributed by atoms with Gasteiger partial charge in [-0.2, -0.15) is 5.26 Å². The largest absolute Gasteiger partial charge is 0.302 e. The minimum Gasteiger partial charge on any atom is -0.284 e. The van der Waals surface area contributed by atoms with Gasteiger partial charge in [-0.25, -0.2) is 0 Å². The standard InChI is InChI=1S/C9H5NO2/c10-6-8(11)9(12)7-4-2-1-3-5-7/h1-5H. The van der Waals surface area contributed by atoms with Crippen LogP contribution in [0, 0.1) is 11.3 Å². The molecule has 0 amide bonds. The molecule has 0 saturated carbocycles. The van der Waals surface area contributed by atoms with Crippen LogP contribution in [0.5, 0.6) is 0 Å². The van der Waals surface area contributed by atoms with Crippen molar-refractivity contribution in [2.45, 2.75) is 0 Å². The van der Waals surface area contributed by atoms with Crippen molar-refractivity contribution in [2.24, 2.45) is 0 Å². The van der Waals surface area contributed by atoms with E-state index in [2.05, 4.69) is 0 Å². The first-order valence-corrected chi connectivity index (χ1v) is 3.29. The van der Waals surface area contributed by atoms with E-state index in [0.717, 1.165) is 0 Å². The van der Waals surface area contributed by atoms with Gasteiger partial charge in [0.2, 0.25) is 5.78 Å². The number of carbonyl (C=O) groups is 2. The van der Waals surface area contributed by atoms with Crippen molar-refractivity contribution in [3.8, 4) is 6.07 Å². The summed E-state index contributed by atoms with van der Waals surface area (Å²) in [5.41, 5.74) is 0.254. The molecule has 0 fully saturated rings. The maximum atomic E-state index is 11.0. The van der Waals surface area contributed by atoms with Gasteiger partial charge in [0, 0.05) is 5.56 Å². The van der Waals surface area contributed by atoms with Crippen molar-refractivity contribution in [3.05, 3.63) is 35.9 Å². The zero-order valence-corrected chi connectivity index (χ0v) is 6.15. The lowest BCUT2D eigenvalue weighted by Crippen LogP contribution is -2.10. The smallest absolute Gasteiger partial charge is 0.284 e. The summed E-state index contributed by atoms with van der Waals surface area (Å²) in [5, 5.41) is 8.15. The molecule has 1 aromatic carbocycles. The van der Waals surface area contributed by atoms with Gasteiger partial charge in [-0.1, -0.05) is 30.3 Å². The maximum absolute atomic E-state index is 11.0. The lowest BCUT2D eigenvalue weighted by atomic mass is 10.1. The van der Waals surface area contributed by atoms with Crippen molar-refractivity contribution in [2.75, 3.05) is 0 Å². The van der Waals surface area contributed by atoms with Gasteiger partial charge in [0.1, 0.15) is 6.07 Å². The quantitative estimate of drug-likeness (QED) is 0.367. The van der Waals surface area contributed by atoms with Crippen LogP contribution in [0.2, 0.25) is 0 Å². The normalized spacial score (nSPS) is 8.58. The molecule has 0 radical (unpaired) electrons. The third-order valence-corrected chi connectivity index (χ3v) is 1.34. The molecule has 0 aliphatic rings. The zero-order valence-electron chi connectivity index (χ0n) is 6.15. The Bertz CT molecular complexity index is 349. The van der Waals surface area contributed by atoms with Gasteiger partial charge in [-0.3, -0.25) is 9.59 Å². The molecule has 0 bridgehead atoms. The number of Topliss-reactive ketones (excluding diaryl/α,β-unsaturated/α-hetero) is 2. The van der Waals surface area contributed by atoms with Crippen LogP contribution < -0.4 is 0 Å². The second-order valence-electron chi connectivity index (χ2n) is 2.14. The summed E-state index contributed by atoms with van der Waals surface area (Å²) in [5.74, 6) is -1.78. The van der Waals surface area contributed by atoms with Crippen LogP contribution >= 0.6 is 0 Å². The monoisotopic (exact) mass is 159 g/mol. The first kappa shape index (κ1) is 8.15. The highest BCUT2D eigenvalue weighted by Crippen LogP contribution is 1.99. The summed E-state index contributed by atoms with van der Waals surface area (Å²) in [7, 11) is 0. The van der Waals surface area contributed by atoms with E-state index in [1.54, 1.807) is 18.2 Å². The number of hydrogen-bond donors (Lipinski definition) is 0. The van der Waals surface area contributed by atoms with Gasteiger partial charge in [0.05, 0.1) is 0 Å². The number of nitrogens with zero attached hydrogens (tertiary/aromatic N) is 1. The summed E-state index contributed by atoms with van der Waals surface area (Å²) in [6.45, 7) is 0. The van der Waals surface area contributed by atoms with Crippen molar-refractivity contribution in [1.29, 1.82) is 5.26 Å². The molecular formula is C9H5NO2. The van der Waals surface area contributed by atoms with E-state index in [4.69, 9.17) is 5.26 Å². The molecule has 0 unspecified atom stereocenters. The Morgan fingerprint density at radius 3 is 2.25 bits per heavy atom. The zero-order chi connectivity index (χ0) is 8.97. The molecule has 1 aromatic rings. The minimum atomic E-state index is -1.03. The Kier molecular flexibility index (Phi) is 2.34. The molecule has 0 aromatic heterocycles. The topological polar surface area (TPSA) is 57.9 Å². The van der Waals surface area contributed by atoms with E-state index in [1.807, 2.05) is 0 Å². The van der Waals surface area contributed by atoms with E-state index >= 15 is 0 Å². The highest BCUT2D eigenvalue weighted by molar-refractivity contribution is 6.48. The average molecular weight is 159 g/mol. The van der Waals surface area contributed by atoms with Crippen LogP contribution in [-0.4, -0.2) is 11.6 Å². The molecule has 0 aliphatic carbocycles. The molecule has 0 aliphatic heterocycles. The molecule has 58 valence electrons. The number of hydrogen-bond acceptors (Lipinski definition) is 3. The molecule has 0 spiro atoms. The van der Waals surface area contributed by atoms with Gasteiger partial charge in [-0.15, -0.1) is 0 Å². The van der Waals surface area contributed by atoms with E-state index < -0.39 is 11.6 Å². The molecule has 3 nitrogen and oxygen atoms in total. The van der Waals surface area contributed by atoms with Crippen LogP contribution in [0.3, 0.4) is 0 Å². The Hall–Kier alpha value is -1.95. The van der Waals surface area contributed by atoms with Gasteiger partial charge in [0.15, 0.2) is 0 Å². The van der Waals surface area contributed by atoms with Crippen molar-refractivity contribution < 1.29 is 9.59 Å². The van der Waals surface area contributed by atoms with Crippen molar-refractivity contribution >= 4 is 11.6 Å². The molecule has 12 heavy (non-hydrogen) atoms. The summed E-state index contributed by atoms with van der Waals surface area (Å²) in [6.07, 6.45) is 0. The third-order valence-electron chi connectivity index (χ3n) is 1.34. The van der Waals surface area contributed by atoms with Crippen LogP contribution in [0.25, 0.3) is 0 Å². The highest BCUT2D eigenvalue weighted by atomic mass is 16.2. The first-order valence-electron chi connectivity index (χ1n) is 3.29. The van der Waals surface area contributed by atoms with E-state index in [1.165, 1.54) is 18.2 Å². The van der Waals surface area contributed by atoms with E-state index in [-0.39, 0.29) is 5.56 Å². The number of rotatable bonds is 2. The molecule has 1 rings (SSSR count). The fraction of sp³-hybridized carbons (Fsp3) is 0. The highest BCUT2D eigenvalue weighted by Gasteiger charge is 2.13. The Morgan fingerprint density at radius 1 is 1.17 bits per heavy atom. The van der Waals surface area contributed by atoms with Crippen LogP contribution in [-0.2, 0) is 4.79 Å². The average Bonchev–Trinajstić information content (AvgIpc) is 2.17. The molecule has 0 saturated heterocycles. The fourth-order valence-electron chi connectivity index (χ4n) is 0.771. The molecule has 0 atom stereocenters. The van der Waals surface area contributed by atoms with E-state index in [9.17, 15) is 9.59 Å². The molecule has 0 heterocycles.